The Kier molecular flexibility index (Phi) is 9.30. The number of ketones is 1. The van der Waals surface area contributed by atoms with Crippen molar-refractivity contribution >= 4 is 11.8 Å². The molecule has 3 aliphatic rings. The highest BCUT2D eigenvalue weighted by Crippen LogP contribution is 2.54. The molecule has 1 spiro atoms. The van der Waals surface area contributed by atoms with Gasteiger partial charge in [0.1, 0.15) is 18.7 Å². The van der Waals surface area contributed by atoms with Gasteiger partial charge in [0.05, 0.1) is 26.4 Å². The second-order valence-corrected chi connectivity index (χ2v) is 10.0. The standard InChI is InChI=1S/C28H38O8/c1-4-34-26-13-28(17-35-26)12-22(30)11-23-24(16-33-18-31-3)21(10-25(28)27(23)36-19(2)29)15-32-14-20-8-6-5-7-9-20/h5-10,21,23-24,26-27H,4,11-18H2,1-3H3/t21-,23+,24-,26?,27-,28+/m1/s1. The molecule has 0 amide bonds. The molecule has 1 heterocycles. The number of esters is 1. The van der Waals surface area contributed by atoms with Gasteiger partial charge in [-0.25, -0.2) is 0 Å². The Bertz CT molecular complexity index is 915. The van der Waals surface area contributed by atoms with Crippen molar-refractivity contribution < 1.29 is 38.0 Å². The molecule has 8 nitrogen and oxygen atoms in total. The van der Waals surface area contributed by atoms with E-state index in [9.17, 15) is 9.59 Å². The van der Waals surface area contributed by atoms with E-state index < -0.39 is 11.5 Å². The van der Waals surface area contributed by atoms with Gasteiger partial charge in [0, 0.05) is 57.2 Å². The lowest BCUT2D eigenvalue weighted by Gasteiger charge is -2.44. The van der Waals surface area contributed by atoms with Crippen molar-refractivity contribution in [3.63, 3.8) is 0 Å². The molecule has 0 N–H and O–H groups in total. The molecule has 1 aromatic rings. The molecule has 2 fully saturated rings. The summed E-state index contributed by atoms with van der Waals surface area (Å²) in [6.45, 7) is 5.71. The van der Waals surface area contributed by atoms with Crippen LogP contribution < -0.4 is 0 Å². The summed E-state index contributed by atoms with van der Waals surface area (Å²) < 4.78 is 34.8. The largest absolute Gasteiger partial charge is 0.458 e. The predicted molar refractivity (Wildman–Crippen MR) is 131 cm³/mol. The number of ether oxygens (including phenoxy) is 6. The summed E-state index contributed by atoms with van der Waals surface area (Å²) in [4.78, 5) is 25.5. The van der Waals surface area contributed by atoms with Crippen LogP contribution in [0.1, 0.15) is 38.7 Å². The van der Waals surface area contributed by atoms with Gasteiger partial charge < -0.3 is 28.4 Å². The lowest BCUT2D eigenvalue weighted by molar-refractivity contribution is -0.152. The third kappa shape index (κ3) is 6.23. The van der Waals surface area contributed by atoms with Gasteiger partial charge >= 0.3 is 5.97 Å². The molecule has 36 heavy (non-hydrogen) atoms. The molecule has 0 radical (unpaired) electrons. The number of hydrogen-bond acceptors (Lipinski definition) is 8. The van der Waals surface area contributed by atoms with Crippen LogP contribution in [0.15, 0.2) is 42.0 Å². The first-order valence-corrected chi connectivity index (χ1v) is 12.8. The average molecular weight is 503 g/mol. The maximum atomic E-state index is 13.3. The van der Waals surface area contributed by atoms with Crippen LogP contribution in [0.5, 0.6) is 0 Å². The number of benzene rings is 1. The summed E-state index contributed by atoms with van der Waals surface area (Å²) in [6, 6.07) is 10.0. The molecule has 2 aliphatic carbocycles. The highest BCUT2D eigenvalue weighted by Gasteiger charge is 2.55. The van der Waals surface area contributed by atoms with Gasteiger partial charge in [0.25, 0.3) is 0 Å². The first-order valence-electron chi connectivity index (χ1n) is 12.8. The molecule has 1 unspecified atom stereocenters. The summed E-state index contributed by atoms with van der Waals surface area (Å²) in [5.74, 6) is -0.534. The summed E-state index contributed by atoms with van der Waals surface area (Å²) in [5, 5.41) is 0. The van der Waals surface area contributed by atoms with E-state index >= 15 is 0 Å². The van der Waals surface area contributed by atoms with Gasteiger partial charge in [-0.1, -0.05) is 36.4 Å². The van der Waals surface area contributed by atoms with E-state index in [0.29, 0.717) is 52.3 Å². The number of fused-ring (bicyclic) bond motifs is 3. The van der Waals surface area contributed by atoms with Crippen LogP contribution >= 0.6 is 0 Å². The zero-order valence-electron chi connectivity index (χ0n) is 21.5. The van der Waals surface area contributed by atoms with E-state index in [1.165, 1.54) is 6.92 Å². The smallest absolute Gasteiger partial charge is 0.303 e. The molecule has 1 saturated carbocycles. The second-order valence-electron chi connectivity index (χ2n) is 10.0. The lowest BCUT2D eigenvalue weighted by atomic mass is 9.65. The van der Waals surface area contributed by atoms with Crippen LogP contribution in [0.2, 0.25) is 0 Å². The minimum atomic E-state index is -0.554. The Morgan fingerprint density at radius 1 is 1.17 bits per heavy atom. The number of rotatable bonds is 11. The van der Waals surface area contributed by atoms with Gasteiger partial charge in [-0.3, -0.25) is 9.59 Å². The fourth-order valence-electron chi connectivity index (χ4n) is 5.98. The molecular weight excluding hydrogens is 464 g/mol. The molecule has 1 aliphatic heterocycles. The summed E-state index contributed by atoms with van der Waals surface area (Å²) in [6.07, 6.45) is 2.50. The third-order valence-electron chi connectivity index (χ3n) is 7.48. The number of carbonyl (C=O) groups is 2. The monoisotopic (exact) mass is 502 g/mol. The van der Waals surface area contributed by atoms with Crippen LogP contribution in [0.25, 0.3) is 0 Å². The molecule has 6 atom stereocenters. The fourth-order valence-corrected chi connectivity index (χ4v) is 5.98. The highest BCUT2D eigenvalue weighted by atomic mass is 16.7. The molecule has 2 bridgehead atoms. The molecule has 1 saturated heterocycles. The molecule has 0 aromatic heterocycles. The van der Waals surface area contributed by atoms with Crippen molar-refractivity contribution in [3.8, 4) is 0 Å². The zero-order valence-corrected chi connectivity index (χ0v) is 21.5. The van der Waals surface area contributed by atoms with Gasteiger partial charge in [0.15, 0.2) is 6.29 Å². The minimum absolute atomic E-state index is 0.0219. The van der Waals surface area contributed by atoms with Crippen molar-refractivity contribution in [1.82, 2.24) is 0 Å². The van der Waals surface area contributed by atoms with E-state index in [-0.39, 0.29) is 42.6 Å². The predicted octanol–water partition coefficient (Wildman–Crippen LogP) is 3.68. The molecule has 198 valence electrons. The Hall–Kier alpha value is -2.10. The van der Waals surface area contributed by atoms with Crippen LogP contribution in [0, 0.1) is 23.2 Å². The SMILES string of the molecule is CCOC1C[C@]2(CO1)CC(=O)C[C@H]1[C@H](COCOC)[C@@H](COCc3ccccc3)C=C2[C@@H]1OC(C)=O. The Labute approximate surface area is 213 Å². The third-order valence-corrected chi connectivity index (χ3v) is 7.48. The molecule has 1 aromatic carbocycles. The van der Waals surface area contributed by atoms with Crippen LogP contribution in [0.4, 0.5) is 0 Å². The van der Waals surface area contributed by atoms with Crippen LogP contribution in [-0.4, -0.2) is 64.5 Å². The maximum Gasteiger partial charge on any atom is 0.303 e. The van der Waals surface area contributed by atoms with Crippen molar-refractivity contribution in [2.45, 2.75) is 52.1 Å². The topological polar surface area (TPSA) is 89.5 Å². The van der Waals surface area contributed by atoms with E-state index in [1.54, 1.807) is 7.11 Å². The average Bonchev–Trinajstić information content (AvgIpc) is 3.22. The summed E-state index contributed by atoms with van der Waals surface area (Å²) in [5.41, 5.74) is 1.51. The Morgan fingerprint density at radius 3 is 2.69 bits per heavy atom. The molecule has 4 rings (SSSR count). The van der Waals surface area contributed by atoms with Crippen LogP contribution in [0.3, 0.4) is 0 Å². The maximum absolute atomic E-state index is 13.3. The highest BCUT2D eigenvalue weighted by molar-refractivity contribution is 5.81. The van der Waals surface area contributed by atoms with Gasteiger partial charge in [0.2, 0.25) is 0 Å². The first-order chi connectivity index (χ1) is 17.5. The number of hydrogen-bond donors (Lipinski definition) is 0. The van der Waals surface area contributed by atoms with Crippen LogP contribution in [-0.2, 0) is 44.6 Å². The van der Waals surface area contributed by atoms with Crippen molar-refractivity contribution in [2.24, 2.45) is 23.2 Å². The first kappa shape index (κ1) is 26.9. The lowest BCUT2D eigenvalue weighted by Crippen LogP contribution is -2.46. The Balaban J connectivity index is 1.66. The fraction of sp³-hybridized carbons (Fsp3) is 0.643. The van der Waals surface area contributed by atoms with Crippen molar-refractivity contribution in [2.75, 3.05) is 40.3 Å². The van der Waals surface area contributed by atoms with Gasteiger partial charge in [-0.2, -0.15) is 0 Å². The number of Topliss-reactive ketones (excluding diaryl/α,β-unsaturated/α-hetero) is 1. The van der Waals surface area contributed by atoms with E-state index in [1.807, 2.05) is 37.3 Å². The normalized spacial score (nSPS) is 31.8. The Morgan fingerprint density at radius 2 is 1.97 bits per heavy atom. The number of methoxy groups -OCH3 is 1. The van der Waals surface area contributed by atoms with Crippen molar-refractivity contribution in [1.29, 1.82) is 0 Å². The van der Waals surface area contributed by atoms with E-state index in [0.717, 1.165) is 11.1 Å². The van der Waals surface area contributed by atoms with Gasteiger partial charge in [-0.15, -0.1) is 0 Å². The van der Waals surface area contributed by atoms with E-state index in [4.69, 9.17) is 28.4 Å². The summed E-state index contributed by atoms with van der Waals surface area (Å²) >= 11 is 0. The quantitative estimate of drug-likeness (QED) is 0.196. The minimum Gasteiger partial charge on any atom is -0.458 e. The number of carbonyl (C=O) groups excluding carboxylic acids is 2. The van der Waals surface area contributed by atoms with Gasteiger partial charge in [-0.05, 0) is 24.0 Å². The zero-order chi connectivity index (χ0) is 25.5. The molecule has 8 heteroatoms. The summed E-state index contributed by atoms with van der Waals surface area (Å²) in [7, 11) is 1.58. The van der Waals surface area contributed by atoms with Crippen molar-refractivity contribution in [3.05, 3.63) is 47.5 Å². The van der Waals surface area contributed by atoms with E-state index in [2.05, 4.69) is 6.08 Å². The second kappa shape index (κ2) is 12.4. The molecular formula is C28H38O8.